The molecule has 0 saturated heterocycles. The van der Waals surface area contributed by atoms with Gasteiger partial charge in [-0.1, -0.05) is 44.9 Å². The van der Waals surface area contributed by atoms with Crippen LogP contribution in [0.15, 0.2) is 24.5 Å². The molecule has 1 aromatic heterocycles. The van der Waals surface area contributed by atoms with Gasteiger partial charge in [0.15, 0.2) is 0 Å². The minimum absolute atomic E-state index is 0.864. The first-order valence-corrected chi connectivity index (χ1v) is 9.01. The second-order valence-corrected chi connectivity index (χ2v) is 6.80. The van der Waals surface area contributed by atoms with Crippen molar-refractivity contribution in [1.29, 1.82) is 0 Å². The van der Waals surface area contributed by atoms with E-state index >= 15 is 0 Å². The van der Waals surface area contributed by atoms with E-state index in [-0.39, 0.29) is 0 Å². The van der Waals surface area contributed by atoms with Crippen molar-refractivity contribution in [3.63, 3.8) is 0 Å². The fourth-order valence-corrected chi connectivity index (χ4v) is 3.85. The first kappa shape index (κ1) is 15.9. The molecule has 1 saturated carbocycles. The fourth-order valence-electron chi connectivity index (χ4n) is 3.48. The first-order valence-electron chi connectivity index (χ1n) is 8.38. The summed E-state index contributed by atoms with van der Waals surface area (Å²) in [6.45, 7) is 0. The Bertz CT molecular complexity index is 346. The molecule has 1 nitrogen and oxygen atoms in total. The number of hydrogen-bond donors (Lipinski definition) is 1. The average Bonchev–Trinajstić information content (AvgIpc) is 2.52. The predicted molar refractivity (Wildman–Crippen MR) is 90.3 cm³/mol. The van der Waals surface area contributed by atoms with E-state index in [9.17, 15) is 0 Å². The molecule has 0 aromatic carbocycles. The Morgan fingerprint density at radius 2 is 1.80 bits per heavy atom. The summed E-state index contributed by atoms with van der Waals surface area (Å²) in [5.74, 6) is 2.92. The highest BCUT2D eigenvalue weighted by molar-refractivity contribution is 7.80. The van der Waals surface area contributed by atoms with Crippen LogP contribution in [0.2, 0.25) is 0 Å². The van der Waals surface area contributed by atoms with Gasteiger partial charge in [-0.05, 0) is 54.5 Å². The highest BCUT2D eigenvalue weighted by Gasteiger charge is 2.16. The van der Waals surface area contributed by atoms with Gasteiger partial charge in [-0.2, -0.15) is 12.6 Å². The van der Waals surface area contributed by atoms with Crippen molar-refractivity contribution in [3.8, 4) is 0 Å². The van der Waals surface area contributed by atoms with Crippen LogP contribution in [0.5, 0.6) is 0 Å². The second kappa shape index (κ2) is 9.44. The third-order valence-corrected chi connectivity index (χ3v) is 5.09. The van der Waals surface area contributed by atoms with Crippen LogP contribution in [0.3, 0.4) is 0 Å². The smallest absolute Gasteiger partial charge is 0.0270 e. The molecular formula is C18H29NS. The van der Waals surface area contributed by atoms with E-state index in [0.717, 1.165) is 17.6 Å². The fraction of sp³-hybridized carbons (Fsp3) is 0.722. The molecule has 0 aliphatic heterocycles. The largest absolute Gasteiger partial charge is 0.265 e. The van der Waals surface area contributed by atoms with E-state index < -0.39 is 0 Å². The molecule has 1 aromatic rings. The Kier molecular flexibility index (Phi) is 7.49. The summed E-state index contributed by atoms with van der Waals surface area (Å²) >= 11 is 4.45. The Balaban J connectivity index is 1.71. The summed E-state index contributed by atoms with van der Waals surface area (Å²) in [6, 6.07) is 4.30. The van der Waals surface area contributed by atoms with Gasteiger partial charge in [-0.15, -0.1) is 0 Å². The maximum Gasteiger partial charge on any atom is 0.0270 e. The van der Waals surface area contributed by atoms with Gasteiger partial charge in [-0.25, -0.2) is 0 Å². The predicted octanol–water partition coefficient (Wildman–Crippen LogP) is 5.31. The van der Waals surface area contributed by atoms with Crippen molar-refractivity contribution >= 4 is 12.6 Å². The van der Waals surface area contributed by atoms with Crippen molar-refractivity contribution in [2.24, 2.45) is 11.8 Å². The molecule has 0 radical (unpaired) electrons. The van der Waals surface area contributed by atoms with Crippen LogP contribution >= 0.6 is 12.6 Å². The Morgan fingerprint density at radius 3 is 2.50 bits per heavy atom. The number of aromatic nitrogens is 1. The summed E-state index contributed by atoms with van der Waals surface area (Å²) < 4.78 is 0. The van der Waals surface area contributed by atoms with E-state index in [1.54, 1.807) is 0 Å². The van der Waals surface area contributed by atoms with Crippen molar-refractivity contribution in [2.75, 3.05) is 5.75 Å². The standard InChI is InChI=1S/C18H29NS/c20-15-12-17(7-6-16-4-2-1-3-5-16)8-9-18-10-13-19-14-11-18/h10-11,13-14,16-17,20H,1-9,12,15H2. The third-order valence-electron chi connectivity index (χ3n) is 4.84. The molecule has 0 N–H and O–H groups in total. The number of rotatable bonds is 8. The van der Waals surface area contributed by atoms with Crippen LogP contribution in [0.25, 0.3) is 0 Å². The van der Waals surface area contributed by atoms with E-state index in [1.807, 2.05) is 12.4 Å². The van der Waals surface area contributed by atoms with Gasteiger partial charge < -0.3 is 0 Å². The normalized spacial score (nSPS) is 18.1. The minimum atomic E-state index is 0.864. The summed E-state index contributed by atoms with van der Waals surface area (Å²) in [7, 11) is 0. The van der Waals surface area contributed by atoms with Crippen molar-refractivity contribution in [2.45, 2.75) is 64.2 Å². The topological polar surface area (TPSA) is 12.9 Å². The van der Waals surface area contributed by atoms with Crippen LogP contribution in [-0.2, 0) is 6.42 Å². The lowest BCUT2D eigenvalue weighted by molar-refractivity contribution is 0.299. The van der Waals surface area contributed by atoms with E-state index in [4.69, 9.17) is 0 Å². The van der Waals surface area contributed by atoms with Crippen LogP contribution in [-0.4, -0.2) is 10.7 Å². The molecule has 1 aliphatic rings. The molecule has 1 fully saturated rings. The van der Waals surface area contributed by atoms with Crippen LogP contribution in [0, 0.1) is 11.8 Å². The molecule has 0 bridgehead atoms. The second-order valence-electron chi connectivity index (χ2n) is 6.35. The van der Waals surface area contributed by atoms with Gasteiger partial charge in [0, 0.05) is 12.4 Å². The van der Waals surface area contributed by atoms with Gasteiger partial charge in [0.05, 0.1) is 0 Å². The Hall–Kier alpha value is -0.500. The van der Waals surface area contributed by atoms with E-state index in [1.165, 1.54) is 69.8 Å². The van der Waals surface area contributed by atoms with Gasteiger partial charge in [0.1, 0.15) is 0 Å². The molecule has 1 unspecified atom stereocenters. The summed E-state index contributed by atoms with van der Waals surface area (Å²) in [5, 5.41) is 0. The highest BCUT2D eigenvalue weighted by Crippen LogP contribution is 2.30. The molecule has 1 aliphatic carbocycles. The maximum absolute atomic E-state index is 4.45. The molecular weight excluding hydrogens is 262 g/mol. The van der Waals surface area contributed by atoms with Gasteiger partial charge in [-0.3, -0.25) is 4.98 Å². The number of hydrogen-bond acceptors (Lipinski definition) is 2. The average molecular weight is 292 g/mol. The maximum atomic E-state index is 4.45. The molecule has 112 valence electrons. The number of pyridine rings is 1. The molecule has 1 atom stereocenters. The zero-order valence-corrected chi connectivity index (χ0v) is 13.5. The summed E-state index contributed by atoms with van der Waals surface area (Å²) in [6.07, 6.45) is 17.9. The molecule has 2 rings (SSSR count). The zero-order valence-electron chi connectivity index (χ0n) is 12.6. The van der Waals surface area contributed by atoms with Crippen LogP contribution in [0.4, 0.5) is 0 Å². The Morgan fingerprint density at radius 1 is 1.05 bits per heavy atom. The lowest BCUT2D eigenvalue weighted by Gasteiger charge is -2.24. The quantitative estimate of drug-likeness (QED) is 0.640. The number of thiol groups is 1. The highest BCUT2D eigenvalue weighted by atomic mass is 32.1. The minimum Gasteiger partial charge on any atom is -0.265 e. The molecule has 0 amide bonds. The van der Waals surface area contributed by atoms with Gasteiger partial charge >= 0.3 is 0 Å². The monoisotopic (exact) mass is 291 g/mol. The number of aryl methyl sites for hydroxylation is 1. The molecule has 1 heterocycles. The van der Waals surface area contributed by atoms with Crippen molar-refractivity contribution in [1.82, 2.24) is 4.98 Å². The third kappa shape index (κ3) is 5.87. The molecule has 2 heteroatoms. The van der Waals surface area contributed by atoms with E-state index in [0.29, 0.717) is 0 Å². The first-order chi connectivity index (χ1) is 9.88. The number of nitrogens with zero attached hydrogens (tertiary/aromatic N) is 1. The lowest BCUT2D eigenvalue weighted by atomic mass is 9.82. The van der Waals surface area contributed by atoms with Crippen molar-refractivity contribution in [3.05, 3.63) is 30.1 Å². The summed E-state index contributed by atoms with van der Waals surface area (Å²) in [5.41, 5.74) is 1.43. The lowest BCUT2D eigenvalue weighted by Crippen LogP contribution is -2.10. The zero-order chi connectivity index (χ0) is 14.0. The van der Waals surface area contributed by atoms with Crippen LogP contribution in [0.1, 0.15) is 63.4 Å². The molecule has 0 spiro atoms. The Labute approximate surface area is 130 Å². The van der Waals surface area contributed by atoms with Gasteiger partial charge in [0.2, 0.25) is 0 Å². The van der Waals surface area contributed by atoms with Crippen LogP contribution < -0.4 is 0 Å². The van der Waals surface area contributed by atoms with E-state index in [2.05, 4.69) is 29.7 Å². The molecule has 20 heavy (non-hydrogen) atoms. The van der Waals surface area contributed by atoms with Gasteiger partial charge in [0.25, 0.3) is 0 Å². The van der Waals surface area contributed by atoms with Crippen molar-refractivity contribution < 1.29 is 0 Å². The summed E-state index contributed by atoms with van der Waals surface area (Å²) in [4.78, 5) is 4.09. The SMILES string of the molecule is SCCC(CCc1ccncc1)CCC1CCCCC1.